The van der Waals surface area contributed by atoms with E-state index in [0.717, 1.165) is 41.9 Å². The van der Waals surface area contributed by atoms with E-state index >= 15 is 0 Å². The number of hydrogen-bond donors (Lipinski definition) is 1. The molecule has 0 unspecified atom stereocenters. The van der Waals surface area contributed by atoms with Crippen LogP contribution < -0.4 is 10.2 Å². The van der Waals surface area contributed by atoms with E-state index in [2.05, 4.69) is 42.3 Å². The molecule has 0 spiro atoms. The summed E-state index contributed by atoms with van der Waals surface area (Å²) in [6, 6.07) is 8.65. The minimum atomic E-state index is -0.276. The smallest absolute Gasteiger partial charge is 0.341 e. The molecule has 4 nitrogen and oxygen atoms in total. The SMILES string of the molecule is COC(=O)c1c(NC(=S)N2c3ccccc3C[C@@H]2C)sc2c1CC[C@H](C)C2. The first-order valence-electron chi connectivity index (χ1n) is 9.40. The van der Waals surface area contributed by atoms with Crippen LogP contribution in [0.25, 0.3) is 0 Å². The first-order valence-corrected chi connectivity index (χ1v) is 10.6. The molecule has 0 saturated heterocycles. The van der Waals surface area contributed by atoms with E-state index in [0.29, 0.717) is 22.6 Å². The van der Waals surface area contributed by atoms with Crippen molar-refractivity contribution >= 4 is 45.3 Å². The zero-order valence-electron chi connectivity index (χ0n) is 15.9. The zero-order valence-corrected chi connectivity index (χ0v) is 17.5. The Morgan fingerprint density at radius 1 is 1.30 bits per heavy atom. The summed E-state index contributed by atoms with van der Waals surface area (Å²) in [7, 11) is 1.44. The summed E-state index contributed by atoms with van der Waals surface area (Å²) in [5.74, 6) is 0.370. The number of thiocarbonyl (C=S) groups is 1. The molecule has 1 aromatic heterocycles. The Hall–Kier alpha value is -1.92. The van der Waals surface area contributed by atoms with Crippen molar-refractivity contribution in [3.05, 3.63) is 45.8 Å². The highest BCUT2D eigenvalue weighted by molar-refractivity contribution is 7.80. The van der Waals surface area contributed by atoms with E-state index in [4.69, 9.17) is 17.0 Å². The Labute approximate surface area is 169 Å². The molecule has 0 fully saturated rings. The van der Waals surface area contributed by atoms with Crippen LogP contribution in [0, 0.1) is 5.92 Å². The van der Waals surface area contributed by atoms with Crippen LogP contribution in [0.5, 0.6) is 0 Å². The first-order chi connectivity index (χ1) is 13.0. The van der Waals surface area contributed by atoms with E-state index in [-0.39, 0.29) is 5.97 Å². The van der Waals surface area contributed by atoms with Crippen LogP contribution in [0.15, 0.2) is 24.3 Å². The van der Waals surface area contributed by atoms with Crippen molar-refractivity contribution in [3.63, 3.8) is 0 Å². The summed E-state index contributed by atoms with van der Waals surface area (Å²) in [4.78, 5) is 15.9. The third-order valence-corrected chi connectivity index (χ3v) is 7.02. The molecule has 6 heteroatoms. The summed E-state index contributed by atoms with van der Waals surface area (Å²) >= 11 is 7.42. The predicted octanol–water partition coefficient (Wildman–Crippen LogP) is 4.81. The lowest BCUT2D eigenvalue weighted by atomic mass is 9.88. The van der Waals surface area contributed by atoms with Gasteiger partial charge in [0.2, 0.25) is 0 Å². The number of hydrogen-bond acceptors (Lipinski definition) is 4. The maximum Gasteiger partial charge on any atom is 0.341 e. The van der Waals surface area contributed by atoms with Crippen LogP contribution in [0.2, 0.25) is 0 Å². The average Bonchev–Trinajstić information content (AvgIpc) is 3.16. The average molecular weight is 401 g/mol. The van der Waals surface area contributed by atoms with Gasteiger partial charge < -0.3 is 15.0 Å². The van der Waals surface area contributed by atoms with Gasteiger partial charge in [-0.05, 0) is 67.9 Å². The number of para-hydroxylation sites is 1. The molecule has 0 bridgehead atoms. The molecule has 27 heavy (non-hydrogen) atoms. The van der Waals surface area contributed by atoms with E-state index in [1.807, 2.05) is 6.07 Å². The summed E-state index contributed by atoms with van der Waals surface area (Å²) in [5.41, 5.74) is 4.27. The van der Waals surface area contributed by atoms with E-state index in [1.54, 1.807) is 11.3 Å². The predicted molar refractivity (Wildman–Crippen MR) is 115 cm³/mol. The highest BCUT2D eigenvalue weighted by atomic mass is 32.1. The van der Waals surface area contributed by atoms with Gasteiger partial charge in [0.05, 0.1) is 12.7 Å². The standard InChI is InChI=1S/C21H24N2O2S2/c1-12-8-9-15-17(10-12)27-19(18(15)20(24)25-3)22-21(26)23-13(2)11-14-6-4-5-7-16(14)23/h4-7,12-13H,8-11H2,1-3H3,(H,22,26)/t12-,13-/m0/s1. The van der Waals surface area contributed by atoms with Gasteiger partial charge in [0.1, 0.15) is 5.00 Å². The Bertz CT molecular complexity index is 906. The molecule has 1 aliphatic heterocycles. The monoisotopic (exact) mass is 400 g/mol. The first kappa shape index (κ1) is 18.4. The molecular formula is C21H24N2O2S2. The summed E-state index contributed by atoms with van der Waals surface area (Å²) in [6.07, 6.45) is 4.02. The van der Waals surface area contributed by atoms with Crippen LogP contribution in [0.4, 0.5) is 10.7 Å². The van der Waals surface area contributed by atoms with Gasteiger partial charge in [0.25, 0.3) is 0 Å². The second-order valence-corrected chi connectivity index (χ2v) is 9.02. The number of thiophene rings is 1. The Balaban J connectivity index is 1.66. The lowest BCUT2D eigenvalue weighted by Gasteiger charge is -2.26. The number of rotatable bonds is 2. The van der Waals surface area contributed by atoms with E-state index in [1.165, 1.54) is 17.6 Å². The molecule has 1 aliphatic carbocycles. The molecule has 0 radical (unpaired) electrons. The van der Waals surface area contributed by atoms with E-state index in [9.17, 15) is 4.79 Å². The number of fused-ring (bicyclic) bond motifs is 2. The lowest BCUT2D eigenvalue weighted by molar-refractivity contribution is 0.0601. The minimum absolute atomic E-state index is 0.276. The molecule has 0 saturated carbocycles. The maximum absolute atomic E-state index is 12.5. The van der Waals surface area contributed by atoms with Crippen molar-refractivity contribution in [2.24, 2.45) is 5.92 Å². The van der Waals surface area contributed by atoms with Crippen LogP contribution in [-0.4, -0.2) is 24.2 Å². The molecule has 142 valence electrons. The summed E-state index contributed by atoms with van der Waals surface area (Å²) in [6.45, 7) is 4.44. The van der Waals surface area contributed by atoms with Crippen molar-refractivity contribution in [3.8, 4) is 0 Å². The van der Waals surface area contributed by atoms with Crippen molar-refractivity contribution < 1.29 is 9.53 Å². The van der Waals surface area contributed by atoms with Crippen LogP contribution in [-0.2, 0) is 24.0 Å². The number of ether oxygens (including phenoxy) is 1. The molecule has 1 N–H and O–H groups in total. The largest absolute Gasteiger partial charge is 0.465 e. The lowest BCUT2D eigenvalue weighted by Crippen LogP contribution is -2.38. The molecule has 2 aliphatic rings. The molecule has 2 aromatic rings. The third kappa shape index (κ3) is 3.25. The number of carbonyl (C=O) groups excluding carboxylic acids is 1. The number of esters is 1. The normalized spacial score (nSPS) is 20.8. The van der Waals surface area contributed by atoms with Gasteiger partial charge in [0, 0.05) is 16.6 Å². The second kappa shape index (κ2) is 7.24. The number of benzene rings is 1. The number of nitrogens with zero attached hydrogens (tertiary/aromatic N) is 1. The van der Waals surface area contributed by atoms with Gasteiger partial charge in [-0.1, -0.05) is 25.1 Å². The van der Waals surface area contributed by atoms with Gasteiger partial charge in [-0.3, -0.25) is 0 Å². The maximum atomic E-state index is 12.5. The summed E-state index contributed by atoms with van der Waals surface area (Å²) in [5, 5.41) is 4.85. The minimum Gasteiger partial charge on any atom is -0.465 e. The van der Waals surface area contributed by atoms with Crippen LogP contribution >= 0.6 is 23.6 Å². The fourth-order valence-electron chi connectivity index (χ4n) is 4.19. The van der Waals surface area contributed by atoms with Crippen molar-refractivity contribution in [1.29, 1.82) is 0 Å². The molecular weight excluding hydrogens is 376 g/mol. The Morgan fingerprint density at radius 2 is 2.07 bits per heavy atom. The van der Waals surface area contributed by atoms with Crippen molar-refractivity contribution in [2.45, 2.75) is 45.6 Å². The van der Waals surface area contributed by atoms with Crippen LogP contribution in [0.3, 0.4) is 0 Å². The number of anilines is 2. The molecule has 2 atom stereocenters. The van der Waals surface area contributed by atoms with E-state index < -0.39 is 0 Å². The van der Waals surface area contributed by atoms with Crippen molar-refractivity contribution in [1.82, 2.24) is 0 Å². The number of nitrogens with one attached hydrogen (secondary N) is 1. The van der Waals surface area contributed by atoms with Gasteiger partial charge in [0.15, 0.2) is 5.11 Å². The van der Waals surface area contributed by atoms with Crippen LogP contribution in [0.1, 0.15) is 46.6 Å². The van der Waals surface area contributed by atoms with Crippen molar-refractivity contribution in [2.75, 3.05) is 17.3 Å². The fourth-order valence-corrected chi connectivity index (χ4v) is 6.03. The van der Waals surface area contributed by atoms with Gasteiger partial charge in [-0.15, -0.1) is 11.3 Å². The third-order valence-electron chi connectivity index (χ3n) is 5.55. The highest BCUT2D eigenvalue weighted by Gasteiger charge is 2.32. The highest BCUT2D eigenvalue weighted by Crippen LogP contribution is 2.41. The Morgan fingerprint density at radius 3 is 2.85 bits per heavy atom. The second-order valence-electron chi connectivity index (χ2n) is 7.53. The number of carbonyl (C=O) groups is 1. The fraction of sp³-hybridized carbons (Fsp3) is 0.429. The molecule has 0 amide bonds. The molecule has 1 aromatic carbocycles. The summed E-state index contributed by atoms with van der Waals surface area (Å²) < 4.78 is 5.08. The van der Waals surface area contributed by atoms with Gasteiger partial charge in [-0.25, -0.2) is 4.79 Å². The van der Waals surface area contributed by atoms with Gasteiger partial charge in [-0.2, -0.15) is 0 Å². The quantitative estimate of drug-likeness (QED) is 0.579. The Kier molecular flexibility index (Phi) is 4.95. The molecule has 4 rings (SSSR count). The zero-order chi connectivity index (χ0) is 19.1. The topological polar surface area (TPSA) is 41.6 Å². The molecule has 2 heterocycles. The van der Waals surface area contributed by atoms with Gasteiger partial charge >= 0.3 is 5.97 Å². The number of methoxy groups -OCH3 is 1.